The molecule has 0 unspecified atom stereocenters. The second-order valence-corrected chi connectivity index (χ2v) is 5.59. The number of nitrogens with zero attached hydrogens (tertiary/aromatic N) is 3. The van der Waals surface area contributed by atoms with Gasteiger partial charge in [-0.25, -0.2) is 14.1 Å². The van der Waals surface area contributed by atoms with Gasteiger partial charge in [0.25, 0.3) is 5.91 Å². The van der Waals surface area contributed by atoms with Crippen LogP contribution in [0.3, 0.4) is 0 Å². The van der Waals surface area contributed by atoms with Crippen molar-refractivity contribution in [2.45, 2.75) is 20.4 Å². The summed E-state index contributed by atoms with van der Waals surface area (Å²) in [7, 11) is 0. The quantitative estimate of drug-likeness (QED) is 0.739. The molecule has 134 valence electrons. The molecule has 0 aliphatic rings. The summed E-state index contributed by atoms with van der Waals surface area (Å²) >= 11 is 0. The predicted molar refractivity (Wildman–Crippen MR) is 94.8 cm³/mol. The molecule has 0 saturated carbocycles. The van der Waals surface area contributed by atoms with Gasteiger partial charge in [-0.1, -0.05) is 18.2 Å². The predicted octanol–water partition coefficient (Wildman–Crippen LogP) is 3.04. The van der Waals surface area contributed by atoms with Crippen LogP contribution in [0, 0.1) is 12.7 Å². The Hall–Kier alpha value is -3.22. The molecule has 6 nitrogen and oxygen atoms in total. The maximum atomic E-state index is 14.0. The lowest BCUT2D eigenvalue weighted by molar-refractivity contribution is 0.0950. The summed E-state index contributed by atoms with van der Waals surface area (Å²) in [4.78, 5) is 16.7. The van der Waals surface area contributed by atoms with Crippen LogP contribution in [0.5, 0.6) is 5.88 Å². The Balaban J connectivity index is 1.77. The van der Waals surface area contributed by atoms with E-state index < -0.39 is 5.82 Å². The number of carbonyl (C=O) groups excluding carboxylic acids is 1. The van der Waals surface area contributed by atoms with Crippen molar-refractivity contribution in [1.29, 1.82) is 0 Å². The van der Waals surface area contributed by atoms with Crippen LogP contribution in [-0.2, 0) is 6.54 Å². The van der Waals surface area contributed by atoms with Crippen LogP contribution in [0.15, 0.2) is 48.8 Å². The Morgan fingerprint density at radius 1 is 1.27 bits per heavy atom. The van der Waals surface area contributed by atoms with Crippen molar-refractivity contribution in [3.05, 3.63) is 71.4 Å². The molecule has 1 N–H and O–H groups in total. The monoisotopic (exact) mass is 354 g/mol. The van der Waals surface area contributed by atoms with E-state index in [4.69, 9.17) is 4.74 Å². The highest BCUT2D eigenvalue weighted by Crippen LogP contribution is 2.18. The number of hydrogen-bond donors (Lipinski definition) is 1. The summed E-state index contributed by atoms with van der Waals surface area (Å²) in [5, 5.41) is 6.98. The first-order valence-electron chi connectivity index (χ1n) is 8.26. The molecule has 26 heavy (non-hydrogen) atoms. The first kappa shape index (κ1) is 17.6. The Bertz CT molecular complexity index is 923. The topological polar surface area (TPSA) is 69.0 Å². The molecular weight excluding hydrogens is 335 g/mol. The molecule has 2 aromatic heterocycles. The highest BCUT2D eigenvalue weighted by molar-refractivity contribution is 5.95. The van der Waals surface area contributed by atoms with Gasteiger partial charge in [0, 0.05) is 18.3 Å². The van der Waals surface area contributed by atoms with Gasteiger partial charge in [-0.3, -0.25) is 4.79 Å². The maximum Gasteiger partial charge on any atom is 0.255 e. The smallest absolute Gasteiger partial charge is 0.255 e. The van der Waals surface area contributed by atoms with Gasteiger partial charge in [-0.2, -0.15) is 5.10 Å². The molecule has 3 rings (SSSR count). The molecule has 0 aliphatic carbocycles. The van der Waals surface area contributed by atoms with E-state index in [1.54, 1.807) is 37.4 Å². The third kappa shape index (κ3) is 3.56. The van der Waals surface area contributed by atoms with Crippen molar-refractivity contribution in [1.82, 2.24) is 20.1 Å². The van der Waals surface area contributed by atoms with E-state index in [9.17, 15) is 9.18 Å². The van der Waals surface area contributed by atoms with E-state index in [1.165, 1.54) is 16.9 Å². The van der Waals surface area contributed by atoms with Gasteiger partial charge < -0.3 is 10.1 Å². The summed E-state index contributed by atoms with van der Waals surface area (Å²) in [6.45, 7) is 4.36. The molecule has 1 amide bonds. The lowest BCUT2D eigenvalue weighted by Gasteiger charge is -2.10. The minimum absolute atomic E-state index is 0.270. The van der Waals surface area contributed by atoms with Crippen molar-refractivity contribution in [3.8, 4) is 11.6 Å². The molecule has 0 radical (unpaired) electrons. The molecule has 0 atom stereocenters. The van der Waals surface area contributed by atoms with Crippen LogP contribution in [0.1, 0.15) is 28.5 Å². The van der Waals surface area contributed by atoms with Crippen LogP contribution >= 0.6 is 0 Å². The van der Waals surface area contributed by atoms with Gasteiger partial charge in [0.1, 0.15) is 11.5 Å². The van der Waals surface area contributed by atoms with E-state index in [0.29, 0.717) is 29.4 Å². The number of benzene rings is 1. The molecule has 0 spiro atoms. The van der Waals surface area contributed by atoms with Gasteiger partial charge >= 0.3 is 0 Å². The Labute approximate surface area is 150 Å². The van der Waals surface area contributed by atoms with Crippen LogP contribution in [0.2, 0.25) is 0 Å². The normalized spacial score (nSPS) is 10.6. The number of amides is 1. The molecule has 2 heterocycles. The van der Waals surface area contributed by atoms with Crippen molar-refractivity contribution in [2.24, 2.45) is 0 Å². The fourth-order valence-corrected chi connectivity index (χ4v) is 2.59. The zero-order chi connectivity index (χ0) is 18.5. The first-order chi connectivity index (χ1) is 12.6. The third-order valence-corrected chi connectivity index (χ3v) is 3.91. The number of carbonyl (C=O) groups is 1. The van der Waals surface area contributed by atoms with Crippen molar-refractivity contribution >= 4 is 5.91 Å². The lowest BCUT2D eigenvalue weighted by atomic mass is 10.2. The van der Waals surface area contributed by atoms with Gasteiger partial charge in [0.2, 0.25) is 5.88 Å². The Kier molecular flexibility index (Phi) is 5.26. The maximum absolute atomic E-state index is 14.0. The number of nitrogens with one attached hydrogen (secondary N) is 1. The standard InChI is InChI=1S/C19H19FN4O2/c1-3-26-19-14(7-6-10-21-19)11-22-18(25)15-12-23-24(13(15)2)17-9-5-4-8-16(17)20/h4-10,12H,3,11H2,1-2H3,(H,22,25). The average molecular weight is 354 g/mol. The summed E-state index contributed by atoms with van der Waals surface area (Å²) in [6.07, 6.45) is 3.07. The molecule has 0 bridgehead atoms. The van der Waals surface area contributed by atoms with Crippen LogP contribution in [-0.4, -0.2) is 27.3 Å². The molecule has 0 saturated heterocycles. The number of pyridine rings is 1. The van der Waals surface area contributed by atoms with E-state index >= 15 is 0 Å². The highest BCUT2D eigenvalue weighted by Gasteiger charge is 2.17. The molecular formula is C19H19FN4O2. The SMILES string of the molecule is CCOc1ncccc1CNC(=O)c1cnn(-c2ccccc2F)c1C. The minimum atomic E-state index is -0.401. The number of halogens is 1. The number of para-hydroxylation sites is 1. The lowest BCUT2D eigenvalue weighted by Crippen LogP contribution is -2.23. The molecule has 7 heteroatoms. The van der Waals surface area contributed by atoms with Gasteiger partial charge in [-0.05, 0) is 32.0 Å². The van der Waals surface area contributed by atoms with Crippen LogP contribution in [0.25, 0.3) is 5.69 Å². The van der Waals surface area contributed by atoms with Crippen molar-refractivity contribution < 1.29 is 13.9 Å². The van der Waals surface area contributed by atoms with Crippen LogP contribution < -0.4 is 10.1 Å². The minimum Gasteiger partial charge on any atom is -0.478 e. The number of rotatable bonds is 6. The Morgan fingerprint density at radius 3 is 2.85 bits per heavy atom. The fourth-order valence-electron chi connectivity index (χ4n) is 2.59. The van der Waals surface area contributed by atoms with E-state index in [2.05, 4.69) is 15.4 Å². The largest absolute Gasteiger partial charge is 0.478 e. The van der Waals surface area contributed by atoms with Crippen molar-refractivity contribution in [2.75, 3.05) is 6.61 Å². The van der Waals surface area contributed by atoms with Gasteiger partial charge in [0.15, 0.2) is 0 Å². The van der Waals surface area contributed by atoms with E-state index in [1.807, 2.05) is 13.0 Å². The number of aromatic nitrogens is 3. The second-order valence-electron chi connectivity index (χ2n) is 5.59. The first-order valence-corrected chi connectivity index (χ1v) is 8.26. The Morgan fingerprint density at radius 2 is 2.08 bits per heavy atom. The highest BCUT2D eigenvalue weighted by atomic mass is 19.1. The number of ether oxygens (including phenoxy) is 1. The fraction of sp³-hybridized carbons (Fsp3) is 0.211. The summed E-state index contributed by atoms with van der Waals surface area (Å²) in [6, 6.07) is 9.92. The third-order valence-electron chi connectivity index (χ3n) is 3.91. The summed E-state index contributed by atoms with van der Waals surface area (Å²) in [5.41, 5.74) is 2.02. The summed E-state index contributed by atoms with van der Waals surface area (Å²) < 4.78 is 20.8. The zero-order valence-electron chi connectivity index (χ0n) is 14.6. The van der Waals surface area contributed by atoms with Gasteiger partial charge in [-0.15, -0.1) is 0 Å². The van der Waals surface area contributed by atoms with Crippen LogP contribution in [0.4, 0.5) is 4.39 Å². The molecule has 3 aromatic rings. The van der Waals surface area contributed by atoms with Crippen molar-refractivity contribution in [3.63, 3.8) is 0 Å². The molecule has 1 aromatic carbocycles. The molecule has 0 fully saturated rings. The zero-order valence-corrected chi connectivity index (χ0v) is 14.6. The summed E-state index contributed by atoms with van der Waals surface area (Å²) in [5.74, 6) is -0.201. The van der Waals surface area contributed by atoms with E-state index in [-0.39, 0.29) is 12.5 Å². The van der Waals surface area contributed by atoms with Gasteiger partial charge in [0.05, 0.1) is 24.1 Å². The molecule has 0 aliphatic heterocycles. The second kappa shape index (κ2) is 7.77. The average Bonchev–Trinajstić information content (AvgIpc) is 3.03. The number of hydrogen-bond acceptors (Lipinski definition) is 4. The van der Waals surface area contributed by atoms with E-state index in [0.717, 1.165) is 5.56 Å².